The maximum Gasteiger partial charge on any atom is 0.238 e. The highest BCUT2D eigenvalue weighted by Gasteiger charge is 2.15. The van der Waals surface area contributed by atoms with Crippen molar-refractivity contribution in [2.45, 2.75) is 31.7 Å². The van der Waals surface area contributed by atoms with E-state index in [0.717, 1.165) is 16.9 Å². The highest BCUT2D eigenvalue weighted by atomic mass is 16.1. The van der Waals surface area contributed by atoms with Gasteiger partial charge in [0, 0.05) is 23.5 Å². The van der Waals surface area contributed by atoms with E-state index in [0.29, 0.717) is 12.6 Å². The van der Waals surface area contributed by atoms with E-state index in [1.165, 1.54) is 25.7 Å². The number of H-pyrrole nitrogens is 1. The Morgan fingerprint density at radius 2 is 2.14 bits per heavy atom. The molecule has 2 aromatic rings. The largest absolute Gasteiger partial charge is 0.325 e. The normalized spacial score (nSPS) is 15.2. The number of rotatable bonds is 5. The summed E-state index contributed by atoms with van der Waals surface area (Å²) in [5.74, 6) is 0.00339. The monoisotopic (exact) mass is 284 g/mol. The van der Waals surface area contributed by atoms with Gasteiger partial charge in [-0.3, -0.25) is 9.89 Å². The van der Waals surface area contributed by atoms with E-state index in [-0.39, 0.29) is 5.91 Å². The number of nitrogens with zero attached hydrogens (tertiary/aromatic N) is 1. The minimum absolute atomic E-state index is 0.00339. The SMILES string of the molecule is O=C(CNC1CCCC1)Nc1cccc(-c2ccn[nH]2)c1. The molecule has 1 aromatic carbocycles. The lowest BCUT2D eigenvalue weighted by atomic mass is 10.1. The van der Waals surface area contributed by atoms with Gasteiger partial charge in [0.1, 0.15) is 0 Å². The van der Waals surface area contributed by atoms with E-state index in [9.17, 15) is 4.79 Å². The van der Waals surface area contributed by atoms with Gasteiger partial charge in [-0.2, -0.15) is 5.10 Å². The van der Waals surface area contributed by atoms with Crippen LogP contribution in [0.4, 0.5) is 5.69 Å². The van der Waals surface area contributed by atoms with Crippen molar-refractivity contribution in [1.82, 2.24) is 15.5 Å². The van der Waals surface area contributed by atoms with Crippen LogP contribution in [0.2, 0.25) is 0 Å². The Bertz CT molecular complexity index is 588. The summed E-state index contributed by atoms with van der Waals surface area (Å²) in [6, 6.07) is 10.2. The molecule has 21 heavy (non-hydrogen) atoms. The first kappa shape index (κ1) is 13.8. The number of carbonyl (C=O) groups is 1. The Hall–Kier alpha value is -2.14. The van der Waals surface area contributed by atoms with Crippen LogP contribution in [0, 0.1) is 0 Å². The number of benzene rings is 1. The average molecular weight is 284 g/mol. The van der Waals surface area contributed by atoms with Crippen LogP contribution in [0.1, 0.15) is 25.7 Å². The highest BCUT2D eigenvalue weighted by Crippen LogP contribution is 2.20. The third-order valence-electron chi connectivity index (χ3n) is 3.86. The second-order valence-electron chi connectivity index (χ2n) is 5.46. The fourth-order valence-electron chi connectivity index (χ4n) is 2.75. The molecule has 0 spiro atoms. The molecule has 5 nitrogen and oxygen atoms in total. The van der Waals surface area contributed by atoms with Crippen LogP contribution < -0.4 is 10.6 Å². The molecule has 1 aliphatic carbocycles. The van der Waals surface area contributed by atoms with Crippen molar-refractivity contribution in [2.75, 3.05) is 11.9 Å². The summed E-state index contributed by atoms with van der Waals surface area (Å²) in [4.78, 5) is 12.0. The fourth-order valence-corrected chi connectivity index (χ4v) is 2.75. The van der Waals surface area contributed by atoms with Gasteiger partial charge < -0.3 is 10.6 Å². The standard InChI is InChI=1S/C16H20N4O/c21-16(11-17-13-5-1-2-6-13)19-14-7-3-4-12(10-14)15-8-9-18-20-15/h3-4,7-10,13,17H,1-2,5-6,11H2,(H,18,20)(H,19,21). The molecule has 3 N–H and O–H groups in total. The van der Waals surface area contributed by atoms with E-state index in [2.05, 4.69) is 20.8 Å². The van der Waals surface area contributed by atoms with E-state index >= 15 is 0 Å². The van der Waals surface area contributed by atoms with Crippen molar-refractivity contribution in [2.24, 2.45) is 0 Å². The molecule has 3 rings (SSSR count). The summed E-state index contributed by atoms with van der Waals surface area (Å²) in [7, 11) is 0. The van der Waals surface area contributed by atoms with Gasteiger partial charge in [-0.25, -0.2) is 0 Å². The summed E-state index contributed by atoms with van der Waals surface area (Å²) in [6.07, 6.45) is 6.62. The summed E-state index contributed by atoms with van der Waals surface area (Å²) in [6.45, 7) is 0.374. The molecule has 1 saturated carbocycles. The van der Waals surface area contributed by atoms with Gasteiger partial charge in [-0.15, -0.1) is 0 Å². The summed E-state index contributed by atoms with van der Waals surface area (Å²) < 4.78 is 0. The third-order valence-corrected chi connectivity index (χ3v) is 3.86. The third kappa shape index (κ3) is 3.70. The Morgan fingerprint density at radius 1 is 1.29 bits per heavy atom. The summed E-state index contributed by atoms with van der Waals surface area (Å²) in [5, 5.41) is 13.1. The summed E-state index contributed by atoms with van der Waals surface area (Å²) >= 11 is 0. The first-order valence-corrected chi connectivity index (χ1v) is 7.44. The minimum Gasteiger partial charge on any atom is -0.325 e. The van der Waals surface area contributed by atoms with Crippen LogP contribution in [0.15, 0.2) is 36.5 Å². The molecule has 110 valence electrons. The van der Waals surface area contributed by atoms with Gasteiger partial charge >= 0.3 is 0 Å². The molecular formula is C16H20N4O. The highest BCUT2D eigenvalue weighted by molar-refractivity contribution is 5.92. The number of hydrogen-bond donors (Lipinski definition) is 3. The topological polar surface area (TPSA) is 69.8 Å². The van der Waals surface area contributed by atoms with Gasteiger partial charge in [-0.1, -0.05) is 25.0 Å². The first-order chi connectivity index (χ1) is 10.3. The molecular weight excluding hydrogens is 264 g/mol. The van der Waals surface area contributed by atoms with E-state index in [1.807, 2.05) is 30.3 Å². The molecule has 0 unspecified atom stereocenters. The van der Waals surface area contributed by atoms with Crippen molar-refractivity contribution < 1.29 is 4.79 Å². The zero-order valence-electron chi connectivity index (χ0n) is 11.9. The molecule has 0 aliphatic heterocycles. The Balaban J connectivity index is 1.56. The number of amides is 1. The van der Waals surface area contributed by atoms with Gasteiger partial charge in [-0.05, 0) is 31.0 Å². The lowest BCUT2D eigenvalue weighted by Gasteiger charge is -2.12. The second-order valence-corrected chi connectivity index (χ2v) is 5.46. The van der Waals surface area contributed by atoms with Crippen molar-refractivity contribution in [1.29, 1.82) is 0 Å². The zero-order valence-corrected chi connectivity index (χ0v) is 11.9. The predicted octanol–water partition coefficient (Wildman–Crippen LogP) is 2.55. The van der Waals surface area contributed by atoms with Gasteiger partial charge in [0.25, 0.3) is 0 Å². The second kappa shape index (κ2) is 6.54. The molecule has 1 heterocycles. The lowest BCUT2D eigenvalue weighted by molar-refractivity contribution is -0.115. The van der Waals surface area contributed by atoms with Crippen molar-refractivity contribution in [3.63, 3.8) is 0 Å². The fraction of sp³-hybridized carbons (Fsp3) is 0.375. The maximum absolute atomic E-state index is 12.0. The molecule has 1 fully saturated rings. The molecule has 0 saturated heterocycles. The smallest absolute Gasteiger partial charge is 0.238 e. The number of carbonyl (C=O) groups excluding carboxylic acids is 1. The van der Waals surface area contributed by atoms with Crippen LogP contribution in [0.3, 0.4) is 0 Å². The first-order valence-electron chi connectivity index (χ1n) is 7.44. The average Bonchev–Trinajstić information content (AvgIpc) is 3.19. The van der Waals surface area contributed by atoms with Crippen LogP contribution >= 0.6 is 0 Å². The molecule has 1 aromatic heterocycles. The number of anilines is 1. The van der Waals surface area contributed by atoms with Gasteiger partial charge in [0.15, 0.2) is 0 Å². The maximum atomic E-state index is 12.0. The Morgan fingerprint density at radius 3 is 2.90 bits per heavy atom. The number of aromatic nitrogens is 2. The molecule has 0 atom stereocenters. The Labute approximate surface area is 124 Å². The minimum atomic E-state index is 0.00339. The van der Waals surface area contributed by atoms with E-state index < -0.39 is 0 Å². The Kier molecular flexibility index (Phi) is 4.31. The van der Waals surface area contributed by atoms with Crippen LogP contribution in [0.25, 0.3) is 11.3 Å². The van der Waals surface area contributed by atoms with Crippen LogP contribution in [-0.4, -0.2) is 28.7 Å². The van der Waals surface area contributed by atoms with Gasteiger partial charge in [0.2, 0.25) is 5.91 Å². The molecule has 1 amide bonds. The predicted molar refractivity (Wildman–Crippen MR) is 82.9 cm³/mol. The van der Waals surface area contributed by atoms with Gasteiger partial charge in [0.05, 0.1) is 12.2 Å². The quantitative estimate of drug-likeness (QED) is 0.790. The van der Waals surface area contributed by atoms with Crippen LogP contribution in [0.5, 0.6) is 0 Å². The lowest BCUT2D eigenvalue weighted by Crippen LogP contribution is -2.34. The van der Waals surface area contributed by atoms with Crippen molar-refractivity contribution in [3.8, 4) is 11.3 Å². The molecule has 0 radical (unpaired) electrons. The van der Waals surface area contributed by atoms with E-state index in [1.54, 1.807) is 6.20 Å². The number of hydrogen-bond acceptors (Lipinski definition) is 3. The molecule has 0 bridgehead atoms. The molecule has 1 aliphatic rings. The van der Waals surface area contributed by atoms with Crippen LogP contribution in [-0.2, 0) is 4.79 Å². The van der Waals surface area contributed by atoms with Crippen molar-refractivity contribution >= 4 is 11.6 Å². The number of aromatic amines is 1. The summed E-state index contributed by atoms with van der Waals surface area (Å²) in [5.41, 5.74) is 2.75. The van der Waals surface area contributed by atoms with Crippen molar-refractivity contribution in [3.05, 3.63) is 36.5 Å². The van der Waals surface area contributed by atoms with E-state index in [4.69, 9.17) is 0 Å². The zero-order chi connectivity index (χ0) is 14.5. The number of nitrogens with one attached hydrogen (secondary N) is 3. The molecule has 5 heteroatoms.